The summed E-state index contributed by atoms with van der Waals surface area (Å²) in [5, 5.41) is 16.2. The van der Waals surface area contributed by atoms with Gasteiger partial charge in [0.1, 0.15) is 23.7 Å². The SMILES string of the molecule is Cc1cc(C#CCCO)ccc1OCc1nonc1C. The summed E-state index contributed by atoms with van der Waals surface area (Å²) in [5.74, 6) is 6.66. The number of benzene rings is 1. The van der Waals surface area contributed by atoms with Gasteiger partial charge in [0.2, 0.25) is 0 Å². The second-order valence-corrected chi connectivity index (χ2v) is 4.34. The van der Waals surface area contributed by atoms with Gasteiger partial charge in [0, 0.05) is 12.0 Å². The third-order valence-corrected chi connectivity index (χ3v) is 2.76. The minimum absolute atomic E-state index is 0.0816. The van der Waals surface area contributed by atoms with Gasteiger partial charge < -0.3 is 9.84 Å². The first-order chi connectivity index (χ1) is 9.70. The number of hydrogen-bond donors (Lipinski definition) is 1. The van der Waals surface area contributed by atoms with Gasteiger partial charge in [-0.3, -0.25) is 0 Å². The average Bonchev–Trinajstić information content (AvgIpc) is 2.84. The van der Waals surface area contributed by atoms with Crippen molar-refractivity contribution in [1.82, 2.24) is 10.3 Å². The van der Waals surface area contributed by atoms with Crippen molar-refractivity contribution >= 4 is 0 Å². The Hall–Kier alpha value is -2.32. The van der Waals surface area contributed by atoms with Crippen molar-refractivity contribution in [3.8, 4) is 17.6 Å². The molecule has 20 heavy (non-hydrogen) atoms. The van der Waals surface area contributed by atoms with Crippen molar-refractivity contribution < 1.29 is 14.5 Å². The number of aryl methyl sites for hydroxylation is 2. The molecule has 0 radical (unpaired) electrons. The number of ether oxygens (including phenoxy) is 1. The van der Waals surface area contributed by atoms with Crippen LogP contribution in [0.2, 0.25) is 0 Å². The van der Waals surface area contributed by atoms with Gasteiger partial charge in [0.05, 0.1) is 6.61 Å². The molecule has 0 unspecified atom stereocenters. The van der Waals surface area contributed by atoms with Gasteiger partial charge in [-0.25, -0.2) is 4.63 Å². The molecule has 0 saturated carbocycles. The molecule has 1 heterocycles. The van der Waals surface area contributed by atoms with E-state index >= 15 is 0 Å². The van der Waals surface area contributed by atoms with Crippen LogP contribution in [0.1, 0.15) is 28.9 Å². The van der Waals surface area contributed by atoms with Crippen LogP contribution in [0.4, 0.5) is 0 Å². The molecule has 0 atom stereocenters. The molecule has 1 N–H and O–H groups in total. The first-order valence-corrected chi connectivity index (χ1v) is 6.32. The fourth-order valence-electron chi connectivity index (χ4n) is 1.64. The van der Waals surface area contributed by atoms with E-state index in [2.05, 4.69) is 26.8 Å². The lowest BCUT2D eigenvalue weighted by molar-refractivity contribution is 0.269. The smallest absolute Gasteiger partial charge is 0.145 e. The maximum Gasteiger partial charge on any atom is 0.145 e. The minimum Gasteiger partial charge on any atom is -0.487 e. The lowest BCUT2D eigenvalue weighted by Crippen LogP contribution is -1.99. The van der Waals surface area contributed by atoms with E-state index in [1.165, 1.54) is 0 Å². The zero-order valence-corrected chi connectivity index (χ0v) is 11.5. The molecule has 0 aliphatic heterocycles. The first kappa shape index (κ1) is 14.1. The average molecular weight is 272 g/mol. The molecule has 0 bridgehead atoms. The molecule has 0 spiro atoms. The van der Waals surface area contributed by atoms with Gasteiger partial charge in [-0.05, 0) is 37.6 Å². The monoisotopic (exact) mass is 272 g/mol. The zero-order valence-electron chi connectivity index (χ0n) is 11.5. The molecular weight excluding hydrogens is 256 g/mol. The molecule has 0 aliphatic carbocycles. The molecular formula is C15H16N2O3. The van der Waals surface area contributed by atoms with Crippen LogP contribution in [0, 0.1) is 25.7 Å². The van der Waals surface area contributed by atoms with Crippen molar-refractivity contribution in [1.29, 1.82) is 0 Å². The predicted octanol–water partition coefficient (Wildman–Crippen LogP) is 2.00. The van der Waals surface area contributed by atoms with Gasteiger partial charge in [0.15, 0.2) is 0 Å². The molecule has 1 aromatic heterocycles. The van der Waals surface area contributed by atoms with E-state index in [0.717, 1.165) is 22.6 Å². The molecule has 0 aliphatic rings. The normalized spacial score (nSPS) is 9.95. The molecule has 0 amide bonds. The Morgan fingerprint density at radius 1 is 1.30 bits per heavy atom. The van der Waals surface area contributed by atoms with Gasteiger partial charge in [0.25, 0.3) is 0 Å². The fraction of sp³-hybridized carbons (Fsp3) is 0.333. The minimum atomic E-state index is 0.0816. The summed E-state index contributed by atoms with van der Waals surface area (Å²) in [7, 11) is 0. The van der Waals surface area contributed by atoms with Crippen molar-refractivity contribution in [2.24, 2.45) is 0 Å². The second-order valence-electron chi connectivity index (χ2n) is 4.34. The second kappa shape index (κ2) is 6.73. The van der Waals surface area contributed by atoms with Crippen LogP contribution >= 0.6 is 0 Å². The quantitative estimate of drug-likeness (QED) is 0.862. The fourth-order valence-corrected chi connectivity index (χ4v) is 1.64. The van der Waals surface area contributed by atoms with Gasteiger partial charge in [-0.1, -0.05) is 22.2 Å². The molecule has 1 aromatic carbocycles. The van der Waals surface area contributed by atoms with Gasteiger partial charge in [-0.2, -0.15) is 0 Å². The molecule has 2 aromatic rings. The lowest BCUT2D eigenvalue weighted by atomic mass is 10.1. The number of hydrogen-bond acceptors (Lipinski definition) is 5. The van der Waals surface area contributed by atoms with Crippen LogP contribution in [0.3, 0.4) is 0 Å². The summed E-state index contributed by atoms with van der Waals surface area (Å²) in [6.07, 6.45) is 0.482. The van der Waals surface area contributed by atoms with Crippen LogP contribution in [-0.4, -0.2) is 22.0 Å². The summed E-state index contributed by atoms with van der Waals surface area (Å²) in [6.45, 7) is 4.19. The van der Waals surface area contributed by atoms with Crippen LogP contribution in [-0.2, 0) is 6.61 Å². The van der Waals surface area contributed by atoms with Crippen molar-refractivity contribution in [3.63, 3.8) is 0 Å². The summed E-state index contributed by atoms with van der Waals surface area (Å²) in [6, 6.07) is 5.72. The van der Waals surface area contributed by atoms with E-state index in [1.54, 1.807) is 0 Å². The maximum atomic E-state index is 8.68. The maximum absolute atomic E-state index is 8.68. The van der Waals surface area contributed by atoms with Crippen LogP contribution in [0.5, 0.6) is 5.75 Å². The van der Waals surface area contributed by atoms with Crippen molar-refractivity contribution in [2.45, 2.75) is 26.9 Å². The highest BCUT2D eigenvalue weighted by molar-refractivity contribution is 5.43. The molecule has 0 saturated heterocycles. The predicted molar refractivity (Wildman–Crippen MR) is 73.1 cm³/mol. The van der Waals surface area contributed by atoms with E-state index in [1.807, 2.05) is 32.0 Å². The first-order valence-electron chi connectivity index (χ1n) is 6.32. The standard InChI is InChI=1S/C15H16N2O3/c1-11-9-13(5-3-4-8-18)6-7-15(11)19-10-14-12(2)16-20-17-14/h6-7,9,18H,4,8,10H2,1-2H3. The topological polar surface area (TPSA) is 68.4 Å². The molecule has 0 fully saturated rings. The van der Waals surface area contributed by atoms with Crippen molar-refractivity contribution in [3.05, 3.63) is 40.7 Å². The molecule has 2 rings (SSSR count). The largest absolute Gasteiger partial charge is 0.487 e. The van der Waals surface area contributed by atoms with E-state index in [4.69, 9.17) is 9.84 Å². The van der Waals surface area contributed by atoms with Crippen LogP contribution in [0.15, 0.2) is 22.8 Å². The lowest BCUT2D eigenvalue weighted by Gasteiger charge is -2.07. The van der Waals surface area contributed by atoms with E-state index in [9.17, 15) is 0 Å². The number of rotatable bonds is 4. The molecule has 5 heteroatoms. The highest BCUT2D eigenvalue weighted by Gasteiger charge is 2.07. The van der Waals surface area contributed by atoms with Crippen molar-refractivity contribution in [2.75, 3.05) is 6.61 Å². The highest BCUT2D eigenvalue weighted by Crippen LogP contribution is 2.20. The Kier molecular flexibility index (Phi) is 4.75. The highest BCUT2D eigenvalue weighted by atomic mass is 16.6. The molecule has 104 valence electrons. The van der Waals surface area contributed by atoms with E-state index in [0.29, 0.717) is 18.7 Å². The number of nitrogens with zero attached hydrogens (tertiary/aromatic N) is 2. The third kappa shape index (κ3) is 3.59. The van der Waals surface area contributed by atoms with Crippen LogP contribution < -0.4 is 4.74 Å². The Morgan fingerprint density at radius 2 is 2.15 bits per heavy atom. The van der Waals surface area contributed by atoms with Gasteiger partial charge >= 0.3 is 0 Å². The van der Waals surface area contributed by atoms with Gasteiger partial charge in [-0.15, -0.1) is 0 Å². The summed E-state index contributed by atoms with van der Waals surface area (Å²) in [4.78, 5) is 0. The Morgan fingerprint density at radius 3 is 2.80 bits per heavy atom. The summed E-state index contributed by atoms with van der Waals surface area (Å²) in [5.41, 5.74) is 3.32. The Bertz CT molecular complexity index is 638. The third-order valence-electron chi connectivity index (χ3n) is 2.76. The summed E-state index contributed by atoms with van der Waals surface area (Å²) < 4.78 is 10.3. The number of aliphatic hydroxyl groups is 1. The Balaban J connectivity index is 2.03. The summed E-state index contributed by atoms with van der Waals surface area (Å²) >= 11 is 0. The number of aromatic nitrogens is 2. The zero-order chi connectivity index (χ0) is 14.4. The number of aliphatic hydroxyl groups excluding tert-OH is 1. The van der Waals surface area contributed by atoms with Crippen LogP contribution in [0.25, 0.3) is 0 Å². The van der Waals surface area contributed by atoms with E-state index in [-0.39, 0.29) is 6.61 Å². The molecule has 5 nitrogen and oxygen atoms in total. The Labute approximate surface area is 117 Å². The van der Waals surface area contributed by atoms with E-state index < -0.39 is 0 Å².